The molecule has 52 valence electrons. The van der Waals surface area contributed by atoms with Gasteiger partial charge in [-0.2, -0.15) is 35.9 Å². The standard InChI is InChI=1S/C9H11.U/c1-8(2)9-6-4-3-5-7-9;/h3-4,6-8H,1-2H3;/q-1;. The van der Waals surface area contributed by atoms with Gasteiger partial charge < -0.3 is 0 Å². The molecule has 1 rings (SSSR count). The Morgan fingerprint density at radius 2 is 2.10 bits per heavy atom. The number of benzene rings is 1. The van der Waals surface area contributed by atoms with Gasteiger partial charge in [0.15, 0.2) is 0 Å². The van der Waals surface area contributed by atoms with Crippen LogP contribution < -0.4 is 0 Å². The van der Waals surface area contributed by atoms with E-state index in [1.807, 2.05) is 18.2 Å². The SMILES string of the molecule is CC(C)c1c[c-]ccc1.[U]. The Morgan fingerprint density at radius 3 is 2.40 bits per heavy atom. The molecule has 0 atom stereocenters. The van der Waals surface area contributed by atoms with Crippen LogP contribution in [0.4, 0.5) is 0 Å². The van der Waals surface area contributed by atoms with Crippen molar-refractivity contribution in [2.24, 2.45) is 0 Å². The van der Waals surface area contributed by atoms with E-state index in [2.05, 4.69) is 26.0 Å². The average molecular weight is 357 g/mol. The number of hydrogen-bond acceptors (Lipinski definition) is 0. The van der Waals surface area contributed by atoms with Gasteiger partial charge in [-0.3, -0.25) is 0 Å². The molecule has 0 N–H and O–H groups in total. The van der Waals surface area contributed by atoms with Crippen LogP contribution in [0.2, 0.25) is 0 Å². The molecule has 0 amide bonds. The maximum atomic E-state index is 3.04. The molecule has 0 radical (unpaired) electrons. The summed E-state index contributed by atoms with van der Waals surface area (Å²) in [6.07, 6.45) is 0. The zero-order valence-corrected chi connectivity index (χ0v) is 10.6. The molecule has 0 fully saturated rings. The van der Waals surface area contributed by atoms with Gasteiger partial charge in [0.25, 0.3) is 0 Å². The van der Waals surface area contributed by atoms with E-state index in [1.54, 1.807) is 0 Å². The van der Waals surface area contributed by atoms with Gasteiger partial charge in [0, 0.05) is 31.1 Å². The van der Waals surface area contributed by atoms with Crippen LogP contribution in [0.15, 0.2) is 24.3 Å². The predicted octanol–water partition coefficient (Wildman–Crippen LogP) is 2.61. The minimum atomic E-state index is 0. The first-order chi connectivity index (χ1) is 4.30. The van der Waals surface area contributed by atoms with Gasteiger partial charge in [0.2, 0.25) is 0 Å². The molecule has 1 aromatic carbocycles. The molecule has 10 heavy (non-hydrogen) atoms. The van der Waals surface area contributed by atoms with Crippen molar-refractivity contribution in [1.82, 2.24) is 0 Å². The van der Waals surface area contributed by atoms with Crippen molar-refractivity contribution in [3.8, 4) is 0 Å². The molecule has 0 saturated heterocycles. The largest absolute Gasteiger partial charge is 0.184 e. The molecule has 0 unspecified atom stereocenters. The van der Waals surface area contributed by atoms with Gasteiger partial charge >= 0.3 is 0 Å². The Kier molecular flexibility index (Phi) is 5.13. The molecule has 1 aromatic rings. The Morgan fingerprint density at radius 1 is 1.40 bits per heavy atom. The second-order valence-corrected chi connectivity index (χ2v) is 2.49. The van der Waals surface area contributed by atoms with E-state index in [9.17, 15) is 0 Å². The zero-order valence-electron chi connectivity index (χ0n) is 6.39. The molecule has 0 heterocycles. The van der Waals surface area contributed by atoms with Gasteiger partial charge in [-0.25, -0.2) is 0 Å². The maximum absolute atomic E-state index is 3.04. The molecule has 0 aromatic heterocycles. The summed E-state index contributed by atoms with van der Waals surface area (Å²) in [4.78, 5) is 0. The molecular formula is C9H11U-. The first-order valence-electron chi connectivity index (χ1n) is 3.26. The second kappa shape index (κ2) is 4.99. The van der Waals surface area contributed by atoms with E-state index in [0.29, 0.717) is 5.92 Å². The fraction of sp³-hybridized carbons (Fsp3) is 0.333. The van der Waals surface area contributed by atoms with Crippen LogP contribution in [0.25, 0.3) is 0 Å². The Balaban J connectivity index is 0.000000810. The first kappa shape index (κ1) is 10.3. The van der Waals surface area contributed by atoms with Crippen molar-refractivity contribution in [1.29, 1.82) is 0 Å². The Bertz CT molecular complexity index is 167. The maximum Gasteiger partial charge on any atom is 0 e. The van der Waals surface area contributed by atoms with Gasteiger partial charge in [-0.1, -0.05) is 19.8 Å². The van der Waals surface area contributed by atoms with Crippen molar-refractivity contribution in [2.45, 2.75) is 19.8 Å². The van der Waals surface area contributed by atoms with Crippen LogP contribution in [0, 0.1) is 37.2 Å². The monoisotopic (exact) mass is 357 g/mol. The number of hydrogen-bond donors (Lipinski definition) is 0. The summed E-state index contributed by atoms with van der Waals surface area (Å²) < 4.78 is 0. The van der Waals surface area contributed by atoms with E-state index in [-0.39, 0.29) is 31.1 Å². The van der Waals surface area contributed by atoms with Crippen molar-refractivity contribution < 1.29 is 31.1 Å². The minimum Gasteiger partial charge on any atom is -0.184 e. The van der Waals surface area contributed by atoms with Gasteiger partial charge in [-0.15, -0.1) is 0 Å². The smallest absolute Gasteiger partial charge is 0 e. The third-order valence-corrected chi connectivity index (χ3v) is 1.40. The second-order valence-electron chi connectivity index (χ2n) is 2.49. The van der Waals surface area contributed by atoms with E-state index >= 15 is 0 Å². The fourth-order valence-electron chi connectivity index (χ4n) is 0.766. The molecule has 1 heteroatoms. The Hall–Kier alpha value is 0.272. The molecule has 0 aliphatic heterocycles. The van der Waals surface area contributed by atoms with Crippen LogP contribution >= 0.6 is 0 Å². The summed E-state index contributed by atoms with van der Waals surface area (Å²) in [6.45, 7) is 4.37. The first-order valence-corrected chi connectivity index (χ1v) is 3.26. The predicted molar refractivity (Wildman–Crippen MR) is 39.4 cm³/mol. The van der Waals surface area contributed by atoms with Crippen molar-refractivity contribution >= 4 is 0 Å². The van der Waals surface area contributed by atoms with E-state index < -0.39 is 0 Å². The summed E-state index contributed by atoms with van der Waals surface area (Å²) in [5, 5.41) is 0. The normalized spacial score (nSPS) is 9.10. The molecule has 0 nitrogen and oxygen atoms in total. The van der Waals surface area contributed by atoms with Gasteiger partial charge in [-0.05, 0) is 0 Å². The molecule has 0 spiro atoms. The summed E-state index contributed by atoms with van der Waals surface area (Å²) in [7, 11) is 0. The summed E-state index contributed by atoms with van der Waals surface area (Å²) >= 11 is 0. The van der Waals surface area contributed by atoms with Crippen LogP contribution in [-0.2, 0) is 0 Å². The minimum absolute atomic E-state index is 0. The van der Waals surface area contributed by atoms with Crippen LogP contribution in [0.5, 0.6) is 0 Å². The van der Waals surface area contributed by atoms with Crippen molar-refractivity contribution in [3.05, 3.63) is 35.9 Å². The fourth-order valence-corrected chi connectivity index (χ4v) is 0.766. The van der Waals surface area contributed by atoms with Crippen LogP contribution in [-0.4, -0.2) is 0 Å². The summed E-state index contributed by atoms with van der Waals surface area (Å²) in [5.74, 6) is 0.627. The quantitative estimate of drug-likeness (QED) is 0.678. The summed E-state index contributed by atoms with van der Waals surface area (Å²) in [5.41, 5.74) is 1.36. The van der Waals surface area contributed by atoms with E-state index in [4.69, 9.17) is 0 Å². The Labute approximate surface area is 86.4 Å². The van der Waals surface area contributed by atoms with Crippen LogP contribution in [0.1, 0.15) is 25.3 Å². The molecule has 0 saturated carbocycles. The van der Waals surface area contributed by atoms with Crippen molar-refractivity contribution in [3.63, 3.8) is 0 Å². The molecular weight excluding hydrogens is 346 g/mol. The van der Waals surface area contributed by atoms with Crippen LogP contribution in [0.3, 0.4) is 0 Å². The van der Waals surface area contributed by atoms with Gasteiger partial charge in [0.1, 0.15) is 0 Å². The molecule has 0 bridgehead atoms. The average Bonchev–Trinajstić information content (AvgIpc) is 1.90. The van der Waals surface area contributed by atoms with Gasteiger partial charge in [0.05, 0.1) is 0 Å². The molecule has 0 aliphatic carbocycles. The van der Waals surface area contributed by atoms with E-state index in [1.165, 1.54) is 5.56 Å². The number of rotatable bonds is 1. The zero-order chi connectivity index (χ0) is 6.69. The molecule has 0 aliphatic rings. The topological polar surface area (TPSA) is 0 Å². The van der Waals surface area contributed by atoms with E-state index in [0.717, 1.165) is 0 Å². The van der Waals surface area contributed by atoms with Crippen molar-refractivity contribution in [2.75, 3.05) is 0 Å². The third-order valence-electron chi connectivity index (χ3n) is 1.40. The summed E-state index contributed by atoms with van der Waals surface area (Å²) in [6, 6.07) is 11.1. The third kappa shape index (κ3) is 2.90.